The van der Waals surface area contributed by atoms with Gasteiger partial charge in [-0.25, -0.2) is 9.97 Å². The SMILES string of the molecule is CCNc1nc(C)nc(NC(C)CN2CCCCC2)c1C. The Morgan fingerprint density at radius 2 is 1.76 bits per heavy atom. The van der Waals surface area contributed by atoms with Gasteiger partial charge in [0.15, 0.2) is 0 Å². The second kappa shape index (κ2) is 7.59. The maximum absolute atomic E-state index is 4.57. The molecule has 1 unspecified atom stereocenters. The van der Waals surface area contributed by atoms with Crippen LogP contribution in [0.5, 0.6) is 0 Å². The van der Waals surface area contributed by atoms with Crippen LogP contribution in [0.1, 0.15) is 44.5 Å². The zero-order valence-electron chi connectivity index (χ0n) is 13.9. The lowest BCUT2D eigenvalue weighted by Gasteiger charge is -2.29. The van der Waals surface area contributed by atoms with Crippen LogP contribution in [-0.4, -0.2) is 47.1 Å². The van der Waals surface area contributed by atoms with E-state index < -0.39 is 0 Å². The van der Waals surface area contributed by atoms with Gasteiger partial charge in [-0.3, -0.25) is 0 Å². The van der Waals surface area contributed by atoms with Crippen molar-refractivity contribution < 1.29 is 0 Å². The summed E-state index contributed by atoms with van der Waals surface area (Å²) in [5.41, 5.74) is 1.10. The maximum Gasteiger partial charge on any atom is 0.135 e. The van der Waals surface area contributed by atoms with E-state index in [1.165, 1.54) is 32.4 Å². The lowest BCUT2D eigenvalue weighted by Crippen LogP contribution is -2.38. The molecule has 0 amide bonds. The average molecular weight is 291 g/mol. The van der Waals surface area contributed by atoms with E-state index in [1.54, 1.807) is 0 Å². The molecule has 1 atom stereocenters. The summed E-state index contributed by atoms with van der Waals surface area (Å²) >= 11 is 0. The number of aryl methyl sites for hydroxylation is 1. The fourth-order valence-electron chi connectivity index (χ4n) is 2.92. The summed E-state index contributed by atoms with van der Waals surface area (Å²) < 4.78 is 0. The molecule has 1 aromatic heterocycles. The third-order valence-electron chi connectivity index (χ3n) is 3.97. The molecule has 1 fully saturated rings. The highest BCUT2D eigenvalue weighted by Gasteiger charge is 2.15. The minimum absolute atomic E-state index is 0.394. The Kier molecular flexibility index (Phi) is 5.79. The Hall–Kier alpha value is -1.36. The molecule has 0 aromatic carbocycles. The summed E-state index contributed by atoms with van der Waals surface area (Å²) in [7, 11) is 0. The monoisotopic (exact) mass is 291 g/mol. The first kappa shape index (κ1) is 16.0. The summed E-state index contributed by atoms with van der Waals surface area (Å²) in [6, 6.07) is 0.394. The maximum atomic E-state index is 4.57. The number of piperidine rings is 1. The molecule has 0 spiro atoms. The molecule has 0 saturated carbocycles. The van der Waals surface area contributed by atoms with Gasteiger partial charge in [0.2, 0.25) is 0 Å². The molecule has 5 heteroatoms. The largest absolute Gasteiger partial charge is 0.370 e. The van der Waals surface area contributed by atoms with Crippen molar-refractivity contribution >= 4 is 11.6 Å². The fourth-order valence-corrected chi connectivity index (χ4v) is 2.92. The number of rotatable bonds is 6. The first-order chi connectivity index (χ1) is 10.1. The molecular weight excluding hydrogens is 262 g/mol. The van der Waals surface area contributed by atoms with E-state index in [1.807, 2.05) is 6.92 Å². The Balaban J connectivity index is 2.00. The van der Waals surface area contributed by atoms with E-state index in [0.29, 0.717) is 6.04 Å². The molecule has 2 heterocycles. The Bertz CT molecular complexity index is 454. The number of anilines is 2. The molecule has 1 aromatic rings. The van der Waals surface area contributed by atoms with Gasteiger partial charge in [-0.1, -0.05) is 6.42 Å². The molecule has 1 aliphatic heterocycles. The molecule has 1 saturated heterocycles. The summed E-state index contributed by atoms with van der Waals surface area (Å²) in [4.78, 5) is 11.6. The predicted molar refractivity (Wildman–Crippen MR) is 89.0 cm³/mol. The standard InChI is InChI=1S/C16H29N5/c1-5-17-15-13(3)16(20-14(4)19-15)18-12(2)11-21-9-7-6-8-10-21/h12H,5-11H2,1-4H3,(H2,17,18,19,20). The predicted octanol–water partition coefficient (Wildman–Crippen LogP) is 2.81. The number of nitrogens with one attached hydrogen (secondary N) is 2. The third kappa shape index (κ3) is 4.56. The van der Waals surface area contributed by atoms with Crippen molar-refractivity contribution in [3.8, 4) is 0 Å². The van der Waals surface area contributed by atoms with Crippen LogP contribution < -0.4 is 10.6 Å². The number of nitrogens with zero attached hydrogens (tertiary/aromatic N) is 3. The van der Waals surface area contributed by atoms with Crippen molar-refractivity contribution in [3.05, 3.63) is 11.4 Å². The van der Waals surface area contributed by atoms with Crippen LogP contribution in [0.25, 0.3) is 0 Å². The Labute approximate surface area is 128 Å². The zero-order valence-corrected chi connectivity index (χ0v) is 13.9. The van der Waals surface area contributed by atoms with E-state index >= 15 is 0 Å². The summed E-state index contributed by atoms with van der Waals surface area (Å²) in [5.74, 6) is 2.71. The van der Waals surface area contributed by atoms with Gasteiger partial charge < -0.3 is 15.5 Å². The van der Waals surface area contributed by atoms with Crippen molar-refractivity contribution in [1.29, 1.82) is 0 Å². The topological polar surface area (TPSA) is 53.1 Å². The number of hydrogen-bond donors (Lipinski definition) is 2. The van der Waals surface area contributed by atoms with E-state index in [2.05, 4.69) is 46.3 Å². The van der Waals surface area contributed by atoms with Crippen molar-refractivity contribution in [2.75, 3.05) is 36.8 Å². The van der Waals surface area contributed by atoms with Crippen molar-refractivity contribution in [2.45, 2.75) is 53.0 Å². The first-order valence-electron chi connectivity index (χ1n) is 8.18. The van der Waals surface area contributed by atoms with Crippen LogP contribution in [-0.2, 0) is 0 Å². The van der Waals surface area contributed by atoms with Crippen LogP contribution in [0.15, 0.2) is 0 Å². The minimum atomic E-state index is 0.394. The second-order valence-corrected chi connectivity index (χ2v) is 6.03. The molecule has 0 aliphatic carbocycles. The normalized spacial score (nSPS) is 17.5. The van der Waals surface area contributed by atoms with Crippen LogP contribution in [0.2, 0.25) is 0 Å². The van der Waals surface area contributed by atoms with Crippen LogP contribution >= 0.6 is 0 Å². The molecule has 2 rings (SSSR count). The molecule has 0 radical (unpaired) electrons. The number of likely N-dealkylation sites (tertiary alicyclic amines) is 1. The number of hydrogen-bond acceptors (Lipinski definition) is 5. The highest BCUT2D eigenvalue weighted by molar-refractivity contribution is 5.57. The van der Waals surface area contributed by atoms with Gasteiger partial charge in [-0.2, -0.15) is 0 Å². The molecule has 21 heavy (non-hydrogen) atoms. The van der Waals surface area contributed by atoms with Crippen LogP contribution in [0.4, 0.5) is 11.6 Å². The average Bonchev–Trinajstić information content (AvgIpc) is 2.45. The van der Waals surface area contributed by atoms with Crippen molar-refractivity contribution in [3.63, 3.8) is 0 Å². The molecule has 118 valence electrons. The smallest absolute Gasteiger partial charge is 0.135 e. The fraction of sp³-hybridized carbons (Fsp3) is 0.750. The highest BCUT2D eigenvalue weighted by atomic mass is 15.2. The summed E-state index contributed by atoms with van der Waals surface area (Å²) in [5, 5.41) is 6.87. The van der Waals surface area contributed by atoms with Gasteiger partial charge in [-0.05, 0) is 53.6 Å². The van der Waals surface area contributed by atoms with Crippen molar-refractivity contribution in [1.82, 2.24) is 14.9 Å². The zero-order chi connectivity index (χ0) is 15.2. The van der Waals surface area contributed by atoms with E-state index in [-0.39, 0.29) is 0 Å². The summed E-state index contributed by atoms with van der Waals surface area (Å²) in [6.45, 7) is 12.8. The van der Waals surface area contributed by atoms with E-state index in [0.717, 1.165) is 36.1 Å². The second-order valence-electron chi connectivity index (χ2n) is 6.03. The Morgan fingerprint density at radius 1 is 1.10 bits per heavy atom. The first-order valence-corrected chi connectivity index (χ1v) is 8.18. The molecule has 2 N–H and O–H groups in total. The van der Waals surface area contributed by atoms with Crippen LogP contribution in [0, 0.1) is 13.8 Å². The number of aromatic nitrogens is 2. The van der Waals surface area contributed by atoms with Gasteiger partial charge >= 0.3 is 0 Å². The lowest BCUT2D eigenvalue weighted by molar-refractivity contribution is 0.223. The van der Waals surface area contributed by atoms with Gasteiger partial charge in [0.05, 0.1) is 0 Å². The molecule has 1 aliphatic rings. The molecule has 0 bridgehead atoms. The Morgan fingerprint density at radius 3 is 2.43 bits per heavy atom. The summed E-state index contributed by atoms with van der Waals surface area (Å²) in [6.07, 6.45) is 4.06. The van der Waals surface area contributed by atoms with E-state index in [9.17, 15) is 0 Å². The van der Waals surface area contributed by atoms with E-state index in [4.69, 9.17) is 0 Å². The minimum Gasteiger partial charge on any atom is -0.370 e. The van der Waals surface area contributed by atoms with Crippen molar-refractivity contribution in [2.24, 2.45) is 0 Å². The van der Waals surface area contributed by atoms with Gasteiger partial charge in [0.25, 0.3) is 0 Å². The van der Waals surface area contributed by atoms with Crippen LogP contribution in [0.3, 0.4) is 0 Å². The quantitative estimate of drug-likeness (QED) is 0.844. The molecular formula is C16H29N5. The highest BCUT2D eigenvalue weighted by Crippen LogP contribution is 2.20. The van der Waals surface area contributed by atoms with Gasteiger partial charge in [0, 0.05) is 24.7 Å². The lowest BCUT2D eigenvalue weighted by atomic mass is 10.1. The molecule has 5 nitrogen and oxygen atoms in total. The third-order valence-corrected chi connectivity index (χ3v) is 3.97. The van der Waals surface area contributed by atoms with Gasteiger partial charge in [0.1, 0.15) is 17.5 Å². The van der Waals surface area contributed by atoms with Gasteiger partial charge in [-0.15, -0.1) is 0 Å².